The number of thioether (sulfide) groups is 1. The summed E-state index contributed by atoms with van der Waals surface area (Å²) in [5, 5.41) is 3.28. The fourth-order valence-corrected chi connectivity index (χ4v) is 3.57. The van der Waals surface area contributed by atoms with Gasteiger partial charge in [-0.05, 0) is 24.0 Å². The van der Waals surface area contributed by atoms with E-state index in [1.807, 2.05) is 6.26 Å². The Bertz CT molecular complexity index is 621. The number of hydrogen-bond acceptors (Lipinski definition) is 5. The smallest absolute Gasteiger partial charge is 0.226 e. The fourth-order valence-electron chi connectivity index (χ4n) is 2.24. The van der Waals surface area contributed by atoms with Crippen molar-refractivity contribution in [3.05, 3.63) is 34.7 Å². The third-order valence-corrected chi connectivity index (χ3v) is 4.89. The van der Waals surface area contributed by atoms with Gasteiger partial charge in [0, 0.05) is 17.2 Å². The van der Waals surface area contributed by atoms with E-state index in [0.29, 0.717) is 17.4 Å². The van der Waals surface area contributed by atoms with Gasteiger partial charge in [-0.2, -0.15) is 0 Å². The van der Waals surface area contributed by atoms with E-state index in [-0.39, 0.29) is 11.8 Å². The standard InChI is InChI=1S/C13H13N3OS2/c1-18-8-4-2-7(3-5-8)9-6-10(17)15-12-11(9)19-13(14)16-12/h2-5,9H,6H2,1H3,(H2,14,16)(H,15,17). The van der Waals surface area contributed by atoms with Crippen molar-refractivity contribution in [2.24, 2.45) is 0 Å². The third-order valence-electron chi connectivity index (χ3n) is 3.15. The number of fused-ring (bicyclic) bond motifs is 1. The first-order valence-corrected chi connectivity index (χ1v) is 7.91. The van der Waals surface area contributed by atoms with Gasteiger partial charge in [-0.25, -0.2) is 4.98 Å². The molecule has 1 unspecified atom stereocenters. The van der Waals surface area contributed by atoms with Crippen LogP contribution in [0.5, 0.6) is 0 Å². The zero-order valence-electron chi connectivity index (χ0n) is 10.3. The molecule has 0 fully saturated rings. The number of aromatic nitrogens is 1. The van der Waals surface area contributed by atoms with Crippen molar-refractivity contribution >= 4 is 40.0 Å². The molecule has 1 aromatic carbocycles. The van der Waals surface area contributed by atoms with E-state index in [1.54, 1.807) is 11.8 Å². The monoisotopic (exact) mass is 291 g/mol. The van der Waals surface area contributed by atoms with Crippen molar-refractivity contribution < 1.29 is 4.79 Å². The Morgan fingerprint density at radius 2 is 2.16 bits per heavy atom. The number of anilines is 2. The molecule has 1 aliphatic rings. The molecule has 0 saturated carbocycles. The van der Waals surface area contributed by atoms with E-state index in [1.165, 1.54) is 16.2 Å². The second-order valence-corrected chi connectivity index (χ2v) is 6.28. The number of nitrogens with two attached hydrogens (primary N) is 1. The molecule has 0 spiro atoms. The van der Waals surface area contributed by atoms with Crippen LogP contribution in [-0.4, -0.2) is 17.1 Å². The lowest BCUT2D eigenvalue weighted by Crippen LogP contribution is -2.22. The first-order chi connectivity index (χ1) is 9.17. The van der Waals surface area contributed by atoms with Crippen LogP contribution in [0.1, 0.15) is 22.8 Å². The molecule has 1 aliphatic heterocycles. The molecule has 98 valence electrons. The average Bonchev–Trinajstić information content (AvgIpc) is 2.78. The average molecular weight is 291 g/mol. The van der Waals surface area contributed by atoms with Crippen LogP contribution in [0, 0.1) is 0 Å². The highest BCUT2D eigenvalue weighted by Crippen LogP contribution is 2.41. The lowest BCUT2D eigenvalue weighted by molar-refractivity contribution is -0.116. The minimum atomic E-state index is -0.00302. The van der Waals surface area contributed by atoms with E-state index in [2.05, 4.69) is 34.6 Å². The summed E-state index contributed by atoms with van der Waals surface area (Å²) in [5.74, 6) is 0.684. The van der Waals surface area contributed by atoms with Gasteiger partial charge in [-0.15, -0.1) is 11.8 Å². The second kappa shape index (κ2) is 4.86. The fraction of sp³-hybridized carbons (Fsp3) is 0.231. The summed E-state index contributed by atoms with van der Waals surface area (Å²) in [6, 6.07) is 8.32. The number of nitrogen functional groups attached to an aromatic ring is 1. The third kappa shape index (κ3) is 2.33. The lowest BCUT2D eigenvalue weighted by atomic mass is 9.92. The van der Waals surface area contributed by atoms with Crippen LogP contribution in [0.15, 0.2) is 29.2 Å². The van der Waals surface area contributed by atoms with Crippen LogP contribution in [-0.2, 0) is 4.79 Å². The van der Waals surface area contributed by atoms with Crippen molar-refractivity contribution in [1.29, 1.82) is 0 Å². The summed E-state index contributed by atoms with van der Waals surface area (Å²) < 4.78 is 0. The molecule has 0 aliphatic carbocycles. The van der Waals surface area contributed by atoms with Gasteiger partial charge in [0.15, 0.2) is 5.13 Å². The van der Waals surface area contributed by atoms with E-state index >= 15 is 0 Å². The topological polar surface area (TPSA) is 68.0 Å². The van der Waals surface area contributed by atoms with Crippen LogP contribution >= 0.6 is 23.1 Å². The summed E-state index contributed by atoms with van der Waals surface area (Å²) in [6.07, 6.45) is 2.50. The molecule has 1 aromatic heterocycles. The predicted molar refractivity (Wildman–Crippen MR) is 79.8 cm³/mol. The first-order valence-electron chi connectivity index (χ1n) is 5.87. The maximum Gasteiger partial charge on any atom is 0.226 e. The highest BCUT2D eigenvalue weighted by Gasteiger charge is 2.29. The van der Waals surface area contributed by atoms with Crippen molar-refractivity contribution in [3.8, 4) is 0 Å². The Hall–Kier alpha value is -1.53. The van der Waals surface area contributed by atoms with E-state index in [9.17, 15) is 4.79 Å². The summed E-state index contributed by atoms with van der Waals surface area (Å²) >= 11 is 3.16. The minimum absolute atomic E-state index is 0.00302. The Kier molecular flexibility index (Phi) is 3.20. The zero-order chi connectivity index (χ0) is 13.4. The Balaban J connectivity index is 2.01. The molecule has 0 radical (unpaired) electrons. The number of nitrogens with zero attached hydrogens (tertiary/aromatic N) is 1. The van der Waals surface area contributed by atoms with Gasteiger partial charge in [-0.1, -0.05) is 23.5 Å². The van der Waals surface area contributed by atoms with E-state index < -0.39 is 0 Å². The molecule has 6 heteroatoms. The highest BCUT2D eigenvalue weighted by atomic mass is 32.2. The molecule has 2 heterocycles. The number of carbonyl (C=O) groups is 1. The maximum atomic E-state index is 11.8. The van der Waals surface area contributed by atoms with Crippen LogP contribution in [0.3, 0.4) is 0 Å². The van der Waals surface area contributed by atoms with Crippen molar-refractivity contribution in [2.45, 2.75) is 17.2 Å². The molecule has 1 amide bonds. The van der Waals surface area contributed by atoms with Crippen LogP contribution in [0.2, 0.25) is 0 Å². The second-order valence-electron chi connectivity index (χ2n) is 4.34. The SMILES string of the molecule is CSc1ccc(C2CC(=O)Nc3nc(N)sc32)cc1. The number of thiazole rings is 1. The van der Waals surface area contributed by atoms with Crippen molar-refractivity contribution in [3.63, 3.8) is 0 Å². The lowest BCUT2D eigenvalue weighted by Gasteiger charge is -2.21. The molecule has 19 heavy (non-hydrogen) atoms. The van der Waals surface area contributed by atoms with Gasteiger partial charge in [0.2, 0.25) is 5.91 Å². The molecule has 3 rings (SSSR count). The summed E-state index contributed by atoms with van der Waals surface area (Å²) in [6.45, 7) is 0. The van der Waals surface area contributed by atoms with E-state index in [0.717, 1.165) is 10.4 Å². The van der Waals surface area contributed by atoms with Crippen molar-refractivity contribution in [1.82, 2.24) is 4.98 Å². The van der Waals surface area contributed by atoms with Gasteiger partial charge in [0.05, 0.1) is 4.88 Å². The molecule has 3 N–H and O–H groups in total. The Morgan fingerprint density at radius 3 is 2.84 bits per heavy atom. The number of nitrogens with one attached hydrogen (secondary N) is 1. The molecule has 0 bridgehead atoms. The van der Waals surface area contributed by atoms with Gasteiger partial charge in [0.1, 0.15) is 5.82 Å². The quantitative estimate of drug-likeness (QED) is 0.835. The normalized spacial score (nSPS) is 17.9. The summed E-state index contributed by atoms with van der Waals surface area (Å²) in [4.78, 5) is 18.2. The molecule has 1 atom stereocenters. The first kappa shape index (κ1) is 12.5. The summed E-state index contributed by atoms with van der Waals surface area (Å²) in [7, 11) is 0. The molecule has 2 aromatic rings. The number of carbonyl (C=O) groups excluding carboxylic acids is 1. The van der Waals surface area contributed by atoms with Crippen LogP contribution in [0.4, 0.5) is 10.9 Å². The number of hydrogen-bond donors (Lipinski definition) is 2. The van der Waals surface area contributed by atoms with Crippen LogP contribution in [0.25, 0.3) is 0 Å². The Morgan fingerprint density at radius 1 is 1.42 bits per heavy atom. The van der Waals surface area contributed by atoms with E-state index in [4.69, 9.17) is 5.73 Å². The van der Waals surface area contributed by atoms with Crippen LogP contribution < -0.4 is 11.1 Å². The molecule has 4 nitrogen and oxygen atoms in total. The molecule has 0 saturated heterocycles. The maximum absolute atomic E-state index is 11.8. The molecular formula is C13H13N3OS2. The van der Waals surface area contributed by atoms with Gasteiger partial charge < -0.3 is 11.1 Å². The largest absolute Gasteiger partial charge is 0.375 e. The summed E-state index contributed by atoms with van der Waals surface area (Å²) in [5.41, 5.74) is 6.88. The van der Waals surface area contributed by atoms with Crippen molar-refractivity contribution in [2.75, 3.05) is 17.3 Å². The van der Waals surface area contributed by atoms with Gasteiger partial charge >= 0.3 is 0 Å². The zero-order valence-corrected chi connectivity index (χ0v) is 12.0. The molecular weight excluding hydrogens is 278 g/mol. The number of benzene rings is 1. The predicted octanol–water partition coefficient (Wildman–Crippen LogP) is 2.92. The number of rotatable bonds is 2. The highest BCUT2D eigenvalue weighted by molar-refractivity contribution is 7.98. The number of amides is 1. The van der Waals surface area contributed by atoms with Gasteiger partial charge in [0.25, 0.3) is 0 Å². The minimum Gasteiger partial charge on any atom is -0.375 e. The van der Waals surface area contributed by atoms with Gasteiger partial charge in [-0.3, -0.25) is 4.79 Å². The Labute approximate surface area is 119 Å².